The number of carbonyl (C=O) groups excluding carboxylic acids is 2. The van der Waals surface area contributed by atoms with Crippen LogP contribution in [0.4, 0.5) is 5.69 Å². The molecule has 2 aromatic carbocycles. The maximum Gasteiger partial charge on any atom is 0.269 e. The second-order valence-electron chi connectivity index (χ2n) is 5.86. The van der Waals surface area contributed by atoms with Crippen LogP contribution >= 0.6 is 0 Å². The third-order valence-corrected chi connectivity index (χ3v) is 4.11. The van der Waals surface area contributed by atoms with Gasteiger partial charge in [0.25, 0.3) is 11.6 Å². The van der Waals surface area contributed by atoms with Gasteiger partial charge in [-0.3, -0.25) is 19.7 Å². The van der Waals surface area contributed by atoms with Crippen molar-refractivity contribution in [3.8, 4) is 0 Å². The highest BCUT2D eigenvalue weighted by Crippen LogP contribution is 2.21. The summed E-state index contributed by atoms with van der Waals surface area (Å²) in [6.07, 6.45) is 2.94. The molecule has 26 heavy (non-hydrogen) atoms. The number of carbonyl (C=O) groups is 2. The maximum absolute atomic E-state index is 12.2. The topological polar surface area (TPSA) is 92.5 Å². The van der Waals surface area contributed by atoms with Crippen LogP contribution in [-0.4, -0.2) is 34.7 Å². The molecule has 1 aliphatic rings. The molecule has 132 valence electrons. The molecule has 1 N–H and O–H groups in total. The lowest BCUT2D eigenvalue weighted by Gasteiger charge is -2.15. The number of nitro groups is 1. The Morgan fingerprint density at radius 1 is 1.19 bits per heavy atom. The van der Waals surface area contributed by atoms with Crippen molar-refractivity contribution in [1.82, 2.24) is 10.2 Å². The summed E-state index contributed by atoms with van der Waals surface area (Å²) in [6.45, 7) is 1.34. The molecule has 1 heterocycles. The van der Waals surface area contributed by atoms with Crippen molar-refractivity contribution in [3.05, 3.63) is 81.4 Å². The Labute approximate surface area is 150 Å². The first-order chi connectivity index (χ1) is 12.5. The van der Waals surface area contributed by atoms with Gasteiger partial charge in [0, 0.05) is 43.4 Å². The van der Waals surface area contributed by atoms with Gasteiger partial charge in [-0.25, -0.2) is 0 Å². The van der Waals surface area contributed by atoms with E-state index in [1.165, 1.54) is 18.2 Å². The van der Waals surface area contributed by atoms with E-state index < -0.39 is 4.92 Å². The Hall–Kier alpha value is -3.48. The lowest BCUT2D eigenvalue weighted by atomic mass is 10.1. The lowest BCUT2D eigenvalue weighted by Crippen LogP contribution is -2.34. The molecule has 0 spiro atoms. The summed E-state index contributed by atoms with van der Waals surface area (Å²) in [5.74, 6) is -0.302. The van der Waals surface area contributed by atoms with E-state index >= 15 is 0 Å². The Morgan fingerprint density at radius 3 is 2.62 bits per heavy atom. The number of hydrogen-bond donors (Lipinski definition) is 1. The van der Waals surface area contributed by atoms with Crippen LogP contribution in [0, 0.1) is 10.1 Å². The minimum absolute atomic E-state index is 0.00267. The molecule has 0 bridgehead atoms. The number of nitro benzene ring substituents is 1. The molecule has 0 aliphatic carbocycles. The average molecular weight is 351 g/mol. The van der Waals surface area contributed by atoms with Gasteiger partial charge in [0.2, 0.25) is 5.91 Å². The molecule has 0 radical (unpaired) electrons. The number of nitrogens with one attached hydrogen (secondary N) is 1. The fraction of sp³-hybridized carbons (Fsp3) is 0.158. The van der Waals surface area contributed by atoms with Gasteiger partial charge in [0.15, 0.2) is 0 Å². The van der Waals surface area contributed by atoms with Crippen LogP contribution in [0.1, 0.15) is 21.5 Å². The minimum atomic E-state index is -0.474. The summed E-state index contributed by atoms with van der Waals surface area (Å²) in [4.78, 5) is 35.9. The zero-order valence-electron chi connectivity index (χ0n) is 13.9. The molecule has 0 unspecified atom stereocenters. The quantitative estimate of drug-likeness (QED) is 0.491. The Bertz CT molecular complexity index is 875. The smallest absolute Gasteiger partial charge is 0.269 e. The summed E-state index contributed by atoms with van der Waals surface area (Å²) in [5.41, 5.74) is 2.41. The van der Waals surface area contributed by atoms with E-state index in [9.17, 15) is 19.7 Å². The summed E-state index contributed by atoms with van der Waals surface area (Å²) in [6, 6.07) is 13.4. The van der Waals surface area contributed by atoms with Gasteiger partial charge in [-0.2, -0.15) is 0 Å². The molecule has 7 nitrogen and oxygen atoms in total. The van der Waals surface area contributed by atoms with Crippen molar-refractivity contribution in [2.45, 2.75) is 6.54 Å². The second-order valence-corrected chi connectivity index (χ2v) is 5.86. The normalized spacial score (nSPS) is 13.1. The largest absolute Gasteiger partial charge is 0.351 e. The predicted molar refractivity (Wildman–Crippen MR) is 96.3 cm³/mol. The summed E-state index contributed by atoms with van der Waals surface area (Å²) in [5, 5.41) is 13.3. The van der Waals surface area contributed by atoms with Gasteiger partial charge in [0.1, 0.15) is 0 Å². The number of non-ortho nitro benzene ring substituents is 1. The summed E-state index contributed by atoms with van der Waals surface area (Å²) >= 11 is 0. The molecular formula is C19H17N3O4. The van der Waals surface area contributed by atoms with Gasteiger partial charge >= 0.3 is 0 Å². The molecule has 0 aromatic heterocycles. The Balaban J connectivity index is 1.46. The van der Waals surface area contributed by atoms with Gasteiger partial charge < -0.3 is 10.2 Å². The molecule has 2 aromatic rings. The number of fused-ring (bicyclic) bond motifs is 1. The molecule has 3 rings (SSSR count). The molecule has 0 saturated carbocycles. The third-order valence-electron chi connectivity index (χ3n) is 4.11. The zero-order valence-corrected chi connectivity index (χ0v) is 13.9. The van der Waals surface area contributed by atoms with Crippen molar-refractivity contribution in [2.75, 3.05) is 13.1 Å². The minimum Gasteiger partial charge on any atom is -0.351 e. The van der Waals surface area contributed by atoms with Crippen LogP contribution in [0.5, 0.6) is 0 Å². The fourth-order valence-corrected chi connectivity index (χ4v) is 2.75. The van der Waals surface area contributed by atoms with E-state index in [1.54, 1.807) is 23.1 Å². The highest BCUT2D eigenvalue weighted by atomic mass is 16.6. The number of amides is 2. The Kier molecular flexibility index (Phi) is 5.07. The van der Waals surface area contributed by atoms with E-state index in [4.69, 9.17) is 0 Å². The average Bonchev–Trinajstić information content (AvgIpc) is 2.96. The van der Waals surface area contributed by atoms with Crippen LogP contribution in [0.2, 0.25) is 0 Å². The van der Waals surface area contributed by atoms with Crippen LogP contribution in [-0.2, 0) is 11.3 Å². The van der Waals surface area contributed by atoms with Gasteiger partial charge in [0.05, 0.1) is 4.92 Å². The number of nitrogens with zero attached hydrogens (tertiary/aromatic N) is 2. The first kappa shape index (κ1) is 17.3. The number of hydrogen-bond acceptors (Lipinski definition) is 4. The van der Waals surface area contributed by atoms with E-state index in [1.807, 2.05) is 24.3 Å². The molecule has 7 heteroatoms. The maximum atomic E-state index is 12.2. The zero-order chi connectivity index (χ0) is 18.5. The van der Waals surface area contributed by atoms with Crippen molar-refractivity contribution in [1.29, 1.82) is 0 Å². The first-order valence-electron chi connectivity index (χ1n) is 8.12. The highest BCUT2D eigenvalue weighted by Gasteiger charge is 2.25. The van der Waals surface area contributed by atoms with E-state index in [0.29, 0.717) is 25.2 Å². The Morgan fingerprint density at radius 2 is 1.92 bits per heavy atom. The first-order valence-corrected chi connectivity index (χ1v) is 8.12. The molecule has 2 amide bonds. The molecule has 1 aliphatic heterocycles. The van der Waals surface area contributed by atoms with Crippen LogP contribution in [0.3, 0.4) is 0 Å². The monoisotopic (exact) mass is 351 g/mol. The van der Waals surface area contributed by atoms with E-state index in [-0.39, 0.29) is 17.5 Å². The molecule has 0 saturated heterocycles. The molecule has 0 atom stereocenters. The van der Waals surface area contributed by atoms with Crippen LogP contribution < -0.4 is 5.32 Å². The van der Waals surface area contributed by atoms with Crippen LogP contribution in [0.25, 0.3) is 6.08 Å². The SMILES string of the molecule is O=C(/C=C/c1ccc([N+](=O)[O-])cc1)NCCN1Cc2ccccc2C1=O. The van der Waals surface area contributed by atoms with Crippen molar-refractivity contribution < 1.29 is 14.5 Å². The molecular weight excluding hydrogens is 334 g/mol. The van der Waals surface area contributed by atoms with Crippen molar-refractivity contribution in [3.63, 3.8) is 0 Å². The van der Waals surface area contributed by atoms with E-state index in [0.717, 1.165) is 11.1 Å². The summed E-state index contributed by atoms with van der Waals surface area (Å²) in [7, 11) is 0. The number of rotatable bonds is 6. The van der Waals surface area contributed by atoms with E-state index in [2.05, 4.69) is 5.32 Å². The van der Waals surface area contributed by atoms with Gasteiger partial charge in [-0.15, -0.1) is 0 Å². The second kappa shape index (κ2) is 7.60. The van der Waals surface area contributed by atoms with Crippen molar-refractivity contribution >= 4 is 23.6 Å². The van der Waals surface area contributed by atoms with Crippen molar-refractivity contribution in [2.24, 2.45) is 0 Å². The van der Waals surface area contributed by atoms with Gasteiger partial charge in [-0.1, -0.05) is 18.2 Å². The predicted octanol–water partition coefficient (Wildman–Crippen LogP) is 2.38. The molecule has 0 fully saturated rings. The summed E-state index contributed by atoms with van der Waals surface area (Å²) < 4.78 is 0. The lowest BCUT2D eigenvalue weighted by molar-refractivity contribution is -0.384. The van der Waals surface area contributed by atoms with Gasteiger partial charge in [-0.05, 0) is 35.4 Å². The third kappa shape index (κ3) is 3.94. The fourth-order valence-electron chi connectivity index (χ4n) is 2.75. The standard InChI is InChI=1S/C19H17N3O4/c23-18(10-7-14-5-8-16(9-6-14)22(25)26)20-11-12-21-13-15-3-1-2-4-17(15)19(21)24/h1-10H,11-13H2,(H,20,23)/b10-7+. The van der Waals surface area contributed by atoms with Crippen LogP contribution in [0.15, 0.2) is 54.6 Å². The number of benzene rings is 2. The highest BCUT2D eigenvalue weighted by molar-refractivity contribution is 5.98.